The van der Waals surface area contributed by atoms with Crippen LogP contribution in [-0.2, 0) is 6.67 Å². The molecule has 1 heterocycles. The van der Waals surface area contributed by atoms with Gasteiger partial charge in [0.2, 0.25) is 0 Å². The van der Waals surface area contributed by atoms with Gasteiger partial charge in [0.1, 0.15) is 23.4 Å². The van der Waals surface area contributed by atoms with Crippen LogP contribution in [0.5, 0.6) is 10.8 Å². The van der Waals surface area contributed by atoms with E-state index in [0.717, 1.165) is 0 Å². The predicted molar refractivity (Wildman–Crippen MR) is 60.4 cm³/mol. The normalized spacial score (nSPS) is 9.75. The van der Waals surface area contributed by atoms with Crippen LogP contribution < -0.4 is 4.74 Å². The van der Waals surface area contributed by atoms with Crippen LogP contribution in [0.1, 0.15) is 10.4 Å². The van der Waals surface area contributed by atoms with E-state index in [1.165, 1.54) is 11.3 Å². The fraction of sp³-hybridized carbons (Fsp3) is 0.0833. The lowest BCUT2D eigenvalue weighted by atomic mass is 10.2. The van der Waals surface area contributed by atoms with E-state index in [4.69, 9.17) is 10.00 Å². The SMILES string of the molecule is N#Cc1ccc(Oc2cccc(CF)c2)s1. The molecule has 4 heteroatoms. The maximum absolute atomic E-state index is 12.4. The molecule has 0 radical (unpaired) electrons. The second kappa shape index (κ2) is 4.77. The molecule has 0 aliphatic heterocycles. The third-order valence-electron chi connectivity index (χ3n) is 1.96. The first kappa shape index (κ1) is 10.7. The molecule has 0 bridgehead atoms. The standard InChI is InChI=1S/C12H8FNOS/c13-7-9-2-1-3-10(6-9)15-12-5-4-11(8-14)16-12/h1-6H,7H2. The summed E-state index contributed by atoms with van der Waals surface area (Å²) in [7, 11) is 0. The van der Waals surface area contributed by atoms with E-state index in [-0.39, 0.29) is 0 Å². The van der Waals surface area contributed by atoms with Gasteiger partial charge in [-0.25, -0.2) is 4.39 Å². The molecular weight excluding hydrogens is 225 g/mol. The molecule has 0 N–H and O–H groups in total. The molecule has 1 aromatic heterocycles. The van der Waals surface area contributed by atoms with Crippen LogP contribution in [0, 0.1) is 11.3 Å². The van der Waals surface area contributed by atoms with E-state index in [1.54, 1.807) is 36.4 Å². The van der Waals surface area contributed by atoms with Crippen LogP contribution in [-0.4, -0.2) is 0 Å². The molecule has 0 fully saturated rings. The van der Waals surface area contributed by atoms with Gasteiger partial charge in [-0.05, 0) is 29.8 Å². The fourth-order valence-electron chi connectivity index (χ4n) is 1.24. The Balaban J connectivity index is 2.17. The third-order valence-corrected chi connectivity index (χ3v) is 2.83. The first-order valence-corrected chi connectivity index (χ1v) is 5.46. The molecule has 0 unspecified atom stereocenters. The van der Waals surface area contributed by atoms with Crippen LogP contribution in [0.2, 0.25) is 0 Å². The summed E-state index contributed by atoms with van der Waals surface area (Å²) >= 11 is 1.26. The lowest BCUT2D eigenvalue weighted by Gasteiger charge is -2.03. The molecule has 0 atom stereocenters. The van der Waals surface area contributed by atoms with Crippen molar-refractivity contribution in [2.45, 2.75) is 6.67 Å². The van der Waals surface area contributed by atoms with E-state index >= 15 is 0 Å². The minimum absolute atomic E-state index is 0.509. The van der Waals surface area contributed by atoms with E-state index in [9.17, 15) is 4.39 Å². The average Bonchev–Trinajstić information content (AvgIpc) is 2.77. The molecule has 0 aliphatic rings. The van der Waals surface area contributed by atoms with Gasteiger partial charge in [-0.1, -0.05) is 23.5 Å². The Morgan fingerprint density at radius 2 is 2.19 bits per heavy atom. The van der Waals surface area contributed by atoms with Crippen molar-refractivity contribution < 1.29 is 9.13 Å². The summed E-state index contributed by atoms with van der Waals surface area (Å²) < 4.78 is 17.9. The summed E-state index contributed by atoms with van der Waals surface area (Å²) in [6.45, 7) is -0.509. The van der Waals surface area contributed by atoms with Crippen molar-refractivity contribution in [3.05, 3.63) is 46.8 Å². The Kier molecular flexibility index (Phi) is 3.18. The summed E-state index contributed by atoms with van der Waals surface area (Å²) in [5.41, 5.74) is 0.578. The minimum atomic E-state index is -0.509. The maximum atomic E-state index is 12.4. The number of thiophene rings is 1. The number of hydrogen-bond donors (Lipinski definition) is 0. The van der Waals surface area contributed by atoms with Gasteiger partial charge in [-0.15, -0.1) is 0 Å². The lowest BCUT2D eigenvalue weighted by molar-refractivity contribution is 0.474. The third kappa shape index (κ3) is 2.38. The number of ether oxygens (including phenoxy) is 1. The fourth-order valence-corrected chi connectivity index (χ4v) is 1.92. The van der Waals surface area contributed by atoms with Crippen molar-refractivity contribution in [3.63, 3.8) is 0 Å². The first-order valence-electron chi connectivity index (χ1n) is 4.64. The summed E-state index contributed by atoms with van der Waals surface area (Å²) in [6, 6.07) is 12.3. The van der Waals surface area contributed by atoms with Crippen molar-refractivity contribution in [2.75, 3.05) is 0 Å². The highest BCUT2D eigenvalue weighted by Gasteiger charge is 2.02. The zero-order valence-electron chi connectivity index (χ0n) is 8.31. The quantitative estimate of drug-likeness (QED) is 0.805. The zero-order valence-corrected chi connectivity index (χ0v) is 9.13. The number of nitrogens with zero attached hydrogens (tertiary/aromatic N) is 1. The van der Waals surface area contributed by atoms with Gasteiger partial charge in [-0.3, -0.25) is 0 Å². The highest BCUT2D eigenvalue weighted by molar-refractivity contribution is 7.14. The molecule has 0 saturated heterocycles. The second-order valence-electron chi connectivity index (χ2n) is 3.11. The molecule has 16 heavy (non-hydrogen) atoms. The highest BCUT2D eigenvalue weighted by Crippen LogP contribution is 2.29. The molecule has 2 rings (SSSR count). The molecule has 80 valence electrons. The molecule has 2 aromatic rings. The van der Waals surface area contributed by atoms with Gasteiger partial charge in [-0.2, -0.15) is 5.26 Å². The van der Waals surface area contributed by atoms with Gasteiger partial charge in [0.15, 0.2) is 5.06 Å². The zero-order chi connectivity index (χ0) is 11.4. The van der Waals surface area contributed by atoms with Crippen LogP contribution in [0.15, 0.2) is 36.4 Å². The molecule has 0 saturated carbocycles. The molecule has 2 nitrogen and oxygen atoms in total. The number of hydrogen-bond acceptors (Lipinski definition) is 3. The predicted octanol–water partition coefficient (Wildman–Crippen LogP) is 3.88. The second-order valence-corrected chi connectivity index (χ2v) is 4.16. The lowest BCUT2D eigenvalue weighted by Crippen LogP contribution is -1.83. The van der Waals surface area contributed by atoms with Gasteiger partial charge in [0.25, 0.3) is 0 Å². The van der Waals surface area contributed by atoms with Crippen LogP contribution in [0.4, 0.5) is 4.39 Å². The Hall–Kier alpha value is -1.86. The van der Waals surface area contributed by atoms with Crippen molar-refractivity contribution in [1.29, 1.82) is 5.26 Å². The van der Waals surface area contributed by atoms with Crippen LogP contribution in [0.3, 0.4) is 0 Å². The molecular formula is C12H8FNOS. The number of alkyl halides is 1. The van der Waals surface area contributed by atoms with Gasteiger partial charge < -0.3 is 4.74 Å². The number of rotatable bonds is 3. The summed E-state index contributed by atoms with van der Waals surface area (Å²) in [4.78, 5) is 0.594. The van der Waals surface area contributed by atoms with Gasteiger partial charge in [0, 0.05) is 0 Å². The van der Waals surface area contributed by atoms with Crippen molar-refractivity contribution in [3.8, 4) is 16.9 Å². The minimum Gasteiger partial charge on any atom is -0.447 e. The monoisotopic (exact) mass is 233 g/mol. The van der Waals surface area contributed by atoms with E-state index in [2.05, 4.69) is 0 Å². The Morgan fingerprint density at radius 1 is 1.31 bits per heavy atom. The number of nitriles is 1. The van der Waals surface area contributed by atoms with E-state index in [0.29, 0.717) is 21.3 Å². The topological polar surface area (TPSA) is 33.0 Å². The smallest absolute Gasteiger partial charge is 0.182 e. The van der Waals surface area contributed by atoms with Gasteiger partial charge >= 0.3 is 0 Å². The van der Waals surface area contributed by atoms with E-state index < -0.39 is 6.67 Å². The Bertz CT molecular complexity index is 530. The Morgan fingerprint density at radius 3 is 2.88 bits per heavy atom. The van der Waals surface area contributed by atoms with Crippen molar-refractivity contribution in [1.82, 2.24) is 0 Å². The van der Waals surface area contributed by atoms with Crippen molar-refractivity contribution >= 4 is 11.3 Å². The van der Waals surface area contributed by atoms with Crippen LogP contribution in [0.25, 0.3) is 0 Å². The Labute approximate surface area is 96.5 Å². The molecule has 0 spiro atoms. The summed E-state index contributed by atoms with van der Waals surface area (Å²) in [5.74, 6) is 0.585. The molecule has 0 amide bonds. The van der Waals surface area contributed by atoms with E-state index in [1.807, 2.05) is 6.07 Å². The van der Waals surface area contributed by atoms with Gasteiger partial charge in [0.05, 0.1) is 0 Å². The van der Waals surface area contributed by atoms with Crippen LogP contribution >= 0.6 is 11.3 Å². The largest absolute Gasteiger partial charge is 0.447 e. The number of halogens is 1. The molecule has 0 aliphatic carbocycles. The average molecular weight is 233 g/mol. The maximum Gasteiger partial charge on any atom is 0.182 e. The highest BCUT2D eigenvalue weighted by atomic mass is 32.1. The molecule has 1 aromatic carbocycles. The summed E-state index contributed by atoms with van der Waals surface area (Å²) in [5, 5.41) is 9.29. The number of benzene rings is 1. The van der Waals surface area contributed by atoms with Crippen molar-refractivity contribution in [2.24, 2.45) is 0 Å². The first-order chi connectivity index (χ1) is 7.81. The summed E-state index contributed by atoms with van der Waals surface area (Å²) in [6.07, 6.45) is 0.